The molecule has 1 aliphatic rings. The summed E-state index contributed by atoms with van der Waals surface area (Å²) in [7, 11) is 0. The first-order chi connectivity index (χ1) is 13.0. The molecule has 1 aromatic carbocycles. The highest BCUT2D eigenvalue weighted by Gasteiger charge is 2.30. The van der Waals surface area contributed by atoms with Crippen LogP contribution in [0.1, 0.15) is 26.2 Å². The van der Waals surface area contributed by atoms with Gasteiger partial charge in [0.15, 0.2) is 0 Å². The van der Waals surface area contributed by atoms with Crippen LogP contribution in [0.3, 0.4) is 0 Å². The van der Waals surface area contributed by atoms with E-state index >= 15 is 0 Å². The molecule has 142 valence electrons. The summed E-state index contributed by atoms with van der Waals surface area (Å²) < 4.78 is 0. The van der Waals surface area contributed by atoms with Crippen molar-refractivity contribution in [2.75, 3.05) is 22.3 Å². The second-order valence-electron chi connectivity index (χ2n) is 6.24. The predicted molar refractivity (Wildman–Crippen MR) is 99.7 cm³/mol. The maximum Gasteiger partial charge on any atom is 0.355 e. The Bertz CT molecular complexity index is 843. The lowest BCUT2D eigenvalue weighted by Crippen LogP contribution is -2.38. The molecule has 0 radical (unpaired) electrons. The largest absolute Gasteiger partial charge is 0.355 e. The molecule has 1 saturated heterocycles. The Morgan fingerprint density at radius 2 is 1.81 bits per heavy atom. The Kier molecular flexibility index (Phi) is 5.29. The van der Waals surface area contributed by atoms with Crippen molar-refractivity contribution in [2.45, 2.75) is 32.2 Å². The van der Waals surface area contributed by atoms with E-state index in [4.69, 9.17) is 0 Å². The number of hydrazine groups is 1. The van der Waals surface area contributed by atoms with E-state index in [0.717, 1.165) is 19.3 Å². The number of nitrogens with one attached hydrogen (secondary N) is 2. The number of anilines is 3. The highest BCUT2D eigenvalue weighted by molar-refractivity contribution is 5.72. The number of non-ortho nitro benzene ring substituents is 1. The summed E-state index contributed by atoms with van der Waals surface area (Å²) in [6.45, 7) is 2.72. The third-order valence-electron chi connectivity index (χ3n) is 4.46. The van der Waals surface area contributed by atoms with Crippen molar-refractivity contribution in [2.24, 2.45) is 0 Å². The molecule has 2 heterocycles. The van der Waals surface area contributed by atoms with E-state index in [-0.39, 0.29) is 29.1 Å². The number of aromatic nitrogens is 2. The highest BCUT2D eigenvalue weighted by atomic mass is 16.6. The predicted octanol–water partition coefficient (Wildman–Crippen LogP) is 3.11. The summed E-state index contributed by atoms with van der Waals surface area (Å²) in [6.07, 6.45) is 4.27. The molecular weight excluding hydrogens is 354 g/mol. The number of rotatable bonds is 6. The molecule has 0 bridgehead atoms. The van der Waals surface area contributed by atoms with E-state index in [2.05, 4.69) is 20.8 Å². The Morgan fingerprint density at radius 3 is 2.44 bits per heavy atom. The van der Waals surface area contributed by atoms with E-state index < -0.39 is 9.85 Å². The van der Waals surface area contributed by atoms with Crippen LogP contribution in [0.5, 0.6) is 0 Å². The zero-order valence-corrected chi connectivity index (χ0v) is 14.7. The van der Waals surface area contributed by atoms with Gasteiger partial charge in [-0.05, 0) is 38.3 Å². The topological polar surface area (TPSA) is 139 Å². The molecule has 1 atom stereocenters. The number of nitrogens with zero attached hydrogens (tertiary/aromatic N) is 5. The molecule has 2 N–H and O–H groups in total. The van der Waals surface area contributed by atoms with E-state index in [1.54, 1.807) is 0 Å². The Morgan fingerprint density at radius 1 is 1.07 bits per heavy atom. The number of hydrogen-bond donors (Lipinski definition) is 2. The first-order valence-electron chi connectivity index (χ1n) is 8.50. The highest BCUT2D eigenvalue weighted by Crippen LogP contribution is 2.35. The van der Waals surface area contributed by atoms with Crippen LogP contribution < -0.4 is 15.8 Å². The van der Waals surface area contributed by atoms with Gasteiger partial charge in [-0.3, -0.25) is 31.1 Å². The van der Waals surface area contributed by atoms with Crippen molar-refractivity contribution < 1.29 is 9.85 Å². The van der Waals surface area contributed by atoms with Gasteiger partial charge in [-0.2, -0.15) is 0 Å². The lowest BCUT2D eigenvalue weighted by atomic mass is 10.0. The molecule has 0 saturated carbocycles. The Labute approximate surface area is 154 Å². The fourth-order valence-electron chi connectivity index (χ4n) is 3.05. The molecule has 1 aromatic heterocycles. The monoisotopic (exact) mass is 373 g/mol. The van der Waals surface area contributed by atoms with Crippen LogP contribution in [-0.2, 0) is 0 Å². The van der Waals surface area contributed by atoms with Gasteiger partial charge in [0.05, 0.1) is 15.5 Å². The van der Waals surface area contributed by atoms with Crippen molar-refractivity contribution in [3.8, 4) is 0 Å². The molecule has 1 fully saturated rings. The summed E-state index contributed by atoms with van der Waals surface area (Å²) in [5, 5.41) is 22.4. The molecule has 3 rings (SSSR count). The third kappa shape index (κ3) is 4.02. The van der Waals surface area contributed by atoms with Gasteiger partial charge in [0, 0.05) is 24.7 Å². The first kappa shape index (κ1) is 18.3. The molecular formula is C16H19N7O4. The smallest absolute Gasteiger partial charge is 0.348 e. The average Bonchev–Trinajstić information content (AvgIpc) is 2.66. The van der Waals surface area contributed by atoms with Gasteiger partial charge in [-0.15, -0.1) is 0 Å². The minimum Gasteiger partial charge on any atom is -0.348 e. The van der Waals surface area contributed by atoms with Crippen LogP contribution in [0.15, 0.2) is 30.6 Å². The van der Waals surface area contributed by atoms with Crippen LogP contribution in [0.4, 0.5) is 28.7 Å². The number of nitro benzene ring substituents is 1. The molecule has 1 aliphatic heterocycles. The lowest BCUT2D eigenvalue weighted by Gasteiger charge is -2.33. The number of hydrogen-bond acceptors (Lipinski definition) is 9. The third-order valence-corrected chi connectivity index (χ3v) is 4.46. The first-order valence-corrected chi connectivity index (χ1v) is 8.50. The van der Waals surface area contributed by atoms with E-state index in [9.17, 15) is 20.2 Å². The number of piperidine rings is 1. The van der Waals surface area contributed by atoms with Crippen LogP contribution in [0.25, 0.3) is 0 Å². The molecule has 11 nitrogen and oxygen atoms in total. The maximum atomic E-state index is 11.7. The molecule has 11 heteroatoms. The van der Waals surface area contributed by atoms with Crippen molar-refractivity contribution in [3.63, 3.8) is 0 Å². The van der Waals surface area contributed by atoms with Crippen LogP contribution >= 0.6 is 0 Å². The zero-order chi connectivity index (χ0) is 19.4. The molecule has 0 spiro atoms. The maximum absolute atomic E-state index is 11.7. The summed E-state index contributed by atoms with van der Waals surface area (Å²) in [4.78, 5) is 31.4. The van der Waals surface area contributed by atoms with Gasteiger partial charge in [0.1, 0.15) is 6.33 Å². The van der Waals surface area contributed by atoms with Gasteiger partial charge in [0.2, 0.25) is 11.6 Å². The minimum atomic E-state index is -0.503. The fourth-order valence-corrected chi connectivity index (χ4v) is 3.05. The summed E-state index contributed by atoms with van der Waals surface area (Å²) >= 11 is 0. The molecule has 2 aromatic rings. The second-order valence-corrected chi connectivity index (χ2v) is 6.24. The van der Waals surface area contributed by atoms with Crippen LogP contribution in [0.2, 0.25) is 0 Å². The van der Waals surface area contributed by atoms with Crippen LogP contribution in [0, 0.1) is 20.2 Å². The Balaban J connectivity index is 1.83. The second kappa shape index (κ2) is 7.81. The van der Waals surface area contributed by atoms with Crippen molar-refractivity contribution in [3.05, 3.63) is 50.8 Å². The average molecular weight is 373 g/mol. The number of nitro groups is 2. The molecule has 0 amide bonds. The van der Waals surface area contributed by atoms with Gasteiger partial charge in [-0.25, -0.2) is 9.97 Å². The lowest BCUT2D eigenvalue weighted by molar-refractivity contribution is -0.384. The zero-order valence-electron chi connectivity index (χ0n) is 14.7. The van der Waals surface area contributed by atoms with E-state index in [1.165, 1.54) is 30.6 Å². The van der Waals surface area contributed by atoms with Gasteiger partial charge in [-0.1, -0.05) is 0 Å². The molecule has 27 heavy (non-hydrogen) atoms. The quantitative estimate of drug-likeness (QED) is 0.577. The summed E-state index contributed by atoms with van der Waals surface area (Å²) in [6, 6.07) is 5.80. The summed E-state index contributed by atoms with van der Waals surface area (Å²) in [5.41, 5.74) is 5.74. The van der Waals surface area contributed by atoms with Gasteiger partial charge in [0.25, 0.3) is 5.69 Å². The van der Waals surface area contributed by atoms with Crippen LogP contribution in [-0.4, -0.2) is 32.4 Å². The molecule has 1 unspecified atom stereocenters. The molecule has 0 aliphatic carbocycles. The van der Waals surface area contributed by atoms with Gasteiger partial charge < -0.3 is 4.90 Å². The summed E-state index contributed by atoms with van der Waals surface area (Å²) in [5.74, 6) is 0.316. The normalized spacial score (nSPS) is 16.6. The van der Waals surface area contributed by atoms with Gasteiger partial charge >= 0.3 is 5.69 Å². The fraction of sp³-hybridized carbons (Fsp3) is 0.375. The SMILES string of the molecule is CC1CCCCN1c1ncnc(NNc2ccc([N+](=O)[O-])cc2)c1[N+](=O)[O-]. The Hall–Kier alpha value is -3.50. The van der Waals surface area contributed by atoms with E-state index in [1.807, 2.05) is 11.8 Å². The van der Waals surface area contributed by atoms with E-state index in [0.29, 0.717) is 12.2 Å². The van der Waals surface area contributed by atoms with Crippen molar-refractivity contribution in [1.29, 1.82) is 0 Å². The van der Waals surface area contributed by atoms with Crippen molar-refractivity contribution >= 4 is 28.7 Å². The standard InChI is InChI=1S/C16H19N7O4/c1-11-4-2-3-9-21(11)16-14(23(26)27)15(17-10-18-16)20-19-12-5-7-13(8-6-12)22(24)25/h5-8,10-11,19H,2-4,9H2,1H3,(H,17,18,20). The van der Waals surface area contributed by atoms with Crippen molar-refractivity contribution in [1.82, 2.24) is 9.97 Å². The minimum absolute atomic E-state index is 0.0288. The number of benzene rings is 1.